The minimum Gasteiger partial charge on any atom is -0.462 e. The topological polar surface area (TPSA) is 78.9 Å². The van der Waals surface area contributed by atoms with Crippen molar-refractivity contribution in [2.24, 2.45) is 0 Å². The van der Waals surface area contributed by atoms with Crippen LogP contribution in [0.25, 0.3) is 0 Å². The van der Waals surface area contributed by atoms with E-state index in [1.165, 1.54) is 70.6 Å². The number of hydrogen-bond acceptors (Lipinski definition) is 6. The van der Waals surface area contributed by atoms with E-state index >= 15 is 0 Å². The van der Waals surface area contributed by atoms with E-state index in [4.69, 9.17) is 14.2 Å². The fourth-order valence-electron chi connectivity index (χ4n) is 6.11. The summed E-state index contributed by atoms with van der Waals surface area (Å²) in [6, 6.07) is 0. The molecule has 0 saturated carbocycles. The maximum Gasteiger partial charge on any atom is 0.306 e. The van der Waals surface area contributed by atoms with Gasteiger partial charge in [-0.05, 0) is 96.3 Å². The zero-order valence-corrected chi connectivity index (χ0v) is 35.5. The molecule has 6 nitrogen and oxygen atoms in total. The monoisotopic (exact) mass is 757 g/mol. The molecule has 0 aliphatic heterocycles. The standard InChI is InChI=1S/C48H84O6/c1-4-7-10-13-16-19-22-25-28-31-34-37-40-46(49)52-43-45(54-48(51)42-39-36-33-30-27-24-21-18-15-12-9-6-3)44-53-47(50)41-38-35-32-29-26-23-20-17-14-11-8-5-2/h7,10,16-21,45H,4-6,8-9,11-15,22-44H2,1-3H3/b10-7-,19-16-,20-17-,21-18-. The van der Waals surface area contributed by atoms with E-state index in [1.807, 2.05) is 0 Å². The summed E-state index contributed by atoms with van der Waals surface area (Å²) in [5, 5.41) is 0. The Bertz CT molecular complexity index is 964. The van der Waals surface area contributed by atoms with E-state index < -0.39 is 6.10 Å². The highest BCUT2D eigenvalue weighted by Gasteiger charge is 2.19. The van der Waals surface area contributed by atoms with Gasteiger partial charge in [-0.15, -0.1) is 0 Å². The molecular formula is C48H84O6. The molecule has 0 aliphatic rings. The first-order valence-electron chi connectivity index (χ1n) is 22.6. The van der Waals surface area contributed by atoms with Crippen molar-refractivity contribution in [2.75, 3.05) is 13.2 Å². The molecule has 0 amide bonds. The van der Waals surface area contributed by atoms with Gasteiger partial charge in [-0.1, -0.05) is 153 Å². The molecule has 0 bridgehead atoms. The van der Waals surface area contributed by atoms with E-state index in [-0.39, 0.29) is 31.1 Å². The van der Waals surface area contributed by atoms with Gasteiger partial charge in [-0.2, -0.15) is 0 Å². The van der Waals surface area contributed by atoms with Gasteiger partial charge in [-0.25, -0.2) is 0 Å². The molecule has 0 aromatic rings. The molecule has 0 spiro atoms. The largest absolute Gasteiger partial charge is 0.462 e. The highest BCUT2D eigenvalue weighted by Crippen LogP contribution is 2.13. The number of esters is 3. The Kier molecular flexibility index (Phi) is 41.0. The van der Waals surface area contributed by atoms with Crippen LogP contribution in [0.4, 0.5) is 0 Å². The molecule has 1 atom stereocenters. The lowest BCUT2D eigenvalue weighted by Gasteiger charge is -2.18. The number of unbranched alkanes of at least 4 members (excludes halogenated alkanes) is 21. The molecule has 0 aromatic carbocycles. The highest BCUT2D eigenvalue weighted by molar-refractivity contribution is 5.71. The Labute approximate surface area is 333 Å². The maximum absolute atomic E-state index is 12.7. The van der Waals surface area contributed by atoms with Gasteiger partial charge < -0.3 is 14.2 Å². The molecule has 6 heteroatoms. The predicted octanol–water partition coefficient (Wildman–Crippen LogP) is 14.4. The van der Waals surface area contributed by atoms with Crippen molar-refractivity contribution in [3.63, 3.8) is 0 Å². The fourth-order valence-corrected chi connectivity index (χ4v) is 6.11. The smallest absolute Gasteiger partial charge is 0.306 e. The zero-order chi connectivity index (χ0) is 39.4. The van der Waals surface area contributed by atoms with Crippen LogP contribution in [0.1, 0.15) is 220 Å². The van der Waals surface area contributed by atoms with Crippen LogP contribution in [0.15, 0.2) is 48.6 Å². The van der Waals surface area contributed by atoms with Crippen LogP contribution in [0, 0.1) is 0 Å². The Morgan fingerprint density at radius 1 is 0.389 bits per heavy atom. The van der Waals surface area contributed by atoms with Gasteiger partial charge in [-0.3, -0.25) is 14.4 Å². The average Bonchev–Trinajstić information content (AvgIpc) is 3.17. The summed E-state index contributed by atoms with van der Waals surface area (Å²) in [6.07, 6.45) is 49.5. The molecule has 0 rings (SSSR count). The SMILES string of the molecule is CC/C=C\C/C=C\CCCCCCCC(=O)OCC(COC(=O)CCCCCCC/C=C\CCCCC)OC(=O)CCCCCCC/C=C\CCCCC. The highest BCUT2D eigenvalue weighted by atomic mass is 16.6. The van der Waals surface area contributed by atoms with Crippen LogP contribution in [-0.2, 0) is 28.6 Å². The third-order valence-corrected chi connectivity index (χ3v) is 9.54. The van der Waals surface area contributed by atoms with Crippen LogP contribution < -0.4 is 0 Å². The van der Waals surface area contributed by atoms with Gasteiger partial charge in [0.05, 0.1) is 0 Å². The Hall–Kier alpha value is -2.63. The molecule has 0 N–H and O–H groups in total. The minimum atomic E-state index is -0.782. The summed E-state index contributed by atoms with van der Waals surface area (Å²) in [7, 11) is 0. The average molecular weight is 757 g/mol. The molecule has 0 radical (unpaired) electrons. The van der Waals surface area contributed by atoms with Gasteiger partial charge in [0.25, 0.3) is 0 Å². The van der Waals surface area contributed by atoms with Gasteiger partial charge in [0.1, 0.15) is 13.2 Å². The number of carbonyl (C=O) groups excluding carboxylic acids is 3. The first-order chi connectivity index (χ1) is 26.5. The minimum absolute atomic E-state index is 0.0856. The number of rotatable bonds is 40. The first kappa shape index (κ1) is 51.4. The summed E-state index contributed by atoms with van der Waals surface area (Å²) in [6.45, 7) is 6.44. The maximum atomic E-state index is 12.7. The lowest BCUT2D eigenvalue weighted by Crippen LogP contribution is -2.30. The summed E-state index contributed by atoms with van der Waals surface area (Å²) in [4.78, 5) is 37.7. The molecule has 0 fully saturated rings. The van der Waals surface area contributed by atoms with Crippen molar-refractivity contribution < 1.29 is 28.6 Å². The molecule has 0 aromatic heterocycles. The van der Waals surface area contributed by atoms with Gasteiger partial charge in [0.2, 0.25) is 0 Å². The second-order valence-corrected chi connectivity index (χ2v) is 14.9. The Balaban J connectivity index is 4.42. The van der Waals surface area contributed by atoms with Gasteiger partial charge >= 0.3 is 17.9 Å². The number of ether oxygens (including phenoxy) is 3. The Morgan fingerprint density at radius 3 is 1.13 bits per heavy atom. The van der Waals surface area contributed by atoms with Crippen LogP contribution in [0.2, 0.25) is 0 Å². The number of carbonyl (C=O) groups is 3. The quantitative estimate of drug-likeness (QED) is 0.0268. The van der Waals surface area contributed by atoms with E-state index in [9.17, 15) is 14.4 Å². The third kappa shape index (κ3) is 40.6. The summed E-state index contributed by atoms with van der Waals surface area (Å²) in [5.74, 6) is -0.921. The molecule has 54 heavy (non-hydrogen) atoms. The molecule has 312 valence electrons. The summed E-state index contributed by atoms with van der Waals surface area (Å²) >= 11 is 0. The van der Waals surface area contributed by atoms with Crippen LogP contribution in [0.5, 0.6) is 0 Å². The Morgan fingerprint density at radius 2 is 0.722 bits per heavy atom. The van der Waals surface area contributed by atoms with Crippen molar-refractivity contribution in [1.82, 2.24) is 0 Å². The normalized spacial score (nSPS) is 12.4. The third-order valence-electron chi connectivity index (χ3n) is 9.54. The van der Waals surface area contributed by atoms with Crippen LogP contribution in [-0.4, -0.2) is 37.2 Å². The fraction of sp³-hybridized carbons (Fsp3) is 0.771. The second-order valence-electron chi connectivity index (χ2n) is 14.9. The lowest BCUT2D eigenvalue weighted by atomic mass is 10.1. The summed E-state index contributed by atoms with van der Waals surface area (Å²) < 4.78 is 16.7. The number of allylic oxidation sites excluding steroid dienone is 8. The molecule has 0 aliphatic carbocycles. The van der Waals surface area contributed by atoms with Crippen molar-refractivity contribution in [1.29, 1.82) is 0 Å². The van der Waals surface area contributed by atoms with Crippen molar-refractivity contribution in [2.45, 2.75) is 226 Å². The van der Waals surface area contributed by atoms with Crippen LogP contribution >= 0.6 is 0 Å². The molecule has 1 unspecified atom stereocenters. The molecule has 0 saturated heterocycles. The van der Waals surface area contributed by atoms with E-state index in [2.05, 4.69) is 69.4 Å². The molecular weight excluding hydrogens is 673 g/mol. The van der Waals surface area contributed by atoms with Crippen molar-refractivity contribution >= 4 is 17.9 Å². The van der Waals surface area contributed by atoms with E-state index in [0.717, 1.165) is 109 Å². The lowest BCUT2D eigenvalue weighted by molar-refractivity contribution is -0.167. The predicted molar refractivity (Wildman–Crippen MR) is 229 cm³/mol. The van der Waals surface area contributed by atoms with Crippen molar-refractivity contribution in [3.8, 4) is 0 Å². The number of hydrogen-bond donors (Lipinski definition) is 0. The van der Waals surface area contributed by atoms with Gasteiger partial charge in [0, 0.05) is 19.3 Å². The van der Waals surface area contributed by atoms with Crippen molar-refractivity contribution in [3.05, 3.63) is 48.6 Å². The van der Waals surface area contributed by atoms with Crippen LogP contribution in [0.3, 0.4) is 0 Å². The first-order valence-corrected chi connectivity index (χ1v) is 22.6. The second kappa shape index (κ2) is 43.1. The van der Waals surface area contributed by atoms with E-state index in [1.54, 1.807) is 0 Å². The summed E-state index contributed by atoms with van der Waals surface area (Å²) in [5.41, 5.74) is 0. The zero-order valence-electron chi connectivity index (χ0n) is 35.5. The van der Waals surface area contributed by atoms with E-state index in [0.29, 0.717) is 19.3 Å². The van der Waals surface area contributed by atoms with Gasteiger partial charge in [0.15, 0.2) is 6.10 Å². The molecule has 0 heterocycles.